The third-order valence-corrected chi connectivity index (χ3v) is 3.84. The highest BCUT2D eigenvalue weighted by Gasteiger charge is 2.28. The van der Waals surface area contributed by atoms with Gasteiger partial charge < -0.3 is 14.6 Å². The van der Waals surface area contributed by atoms with Crippen molar-refractivity contribution in [1.82, 2.24) is 0 Å². The quantitative estimate of drug-likeness (QED) is 0.882. The summed E-state index contributed by atoms with van der Waals surface area (Å²) in [6.07, 6.45) is 2.96. The van der Waals surface area contributed by atoms with E-state index in [2.05, 4.69) is 0 Å². The molecule has 92 valence electrons. The van der Waals surface area contributed by atoms with Crippen molar-refractivity contribution in [3.05, 3.63) is 22.7 Å². The normalized spacial score (nSPS) is 20.8. The molecule has 1 atom stereocenters. The van der Waals surface area contributed by atoms with Gasteiger partial charge in [-0.25, -0.2) is 0 Å². The minimum atomic E-state index is -0.433. The molecule has 1 N–H and O–H groups in total. The number of hydrogen-bond acceptors (Lipinski definition) is 3. The second-order valence-corrected chi connectivity index (χ2v) is 5.07. The van der Waals surface area contributed by atoms with E-state index in [0.717, 1.165) is 18.4 Å². The maximum atomic E-state index is 10.2. The minimum absolute atomic E-state index is 0.369. The average molecular weight is 255 g/mol. The van der Waals surface area contributed by atoms with Crippen molar-refractivity contribution in [1.29, 1.82) is 0 Å². The lowest BCUT2D eigenvalue weighted by Crippen LogP contribution is -2.21. The van der Waals surface area contributed by atoms with Crippen LogP contribution in [0.5, 0.6) is 11.5 Å². The van der Waals surface area contributed by atoms with Crippen LogP contribution in [0.1, 0.15) is 30.9 Å². The van der Waals surface area contributed by atoms with Gasteiger partial charge in [0.1, 0.15) is 13.2 Å². The summed E-state index contributed by atoms with van der Waals surface area (Å²) in [5.74, 6) is 1.62. The summed E-state index contributed by atoms with van der Waals surface area (Å²) >= 11 is 6.14. The second-order valence-electron chi connectivity index (χ2n) is 4.66. The summed E-state index contributed by atoms with van der Waals surface area (Å²) in [6, 6.07) is 3.64. The molecule has 1 aliphatic carbocycles. The highest BCUT2D eigenvalue weighted by molar-refractivity contribution is 6.32. The molecule has 3 rings (SSSR count). The van der Waals surface area contributed by atoms with Gasteiger partial charge in [0.05, 0.1) is 11.1 Å². The van der Waals surface area contributed by atoms with Gasteiger partial charge in [-0.3, -0.25) is 0 Å². The van der Waals surface area contributed by atoms with Crippen molar-refractivity contribution in [2.24, 2.45) is 5.92 Å². The highest BCUT2D eigenvalue weighted by Crippen LogP contribution is 2.43. The van der Waals surface area contributed by atoms with Crippen molar-refractivity contribution in [2.45, 2.75) is 25.4 Å². The van der Waals surface area contributed by atoms with Crippen molar-refractivity contribution >= 4 is 11.6 Å². The zero-order chi connectivity index (χ0) is 11.8. The first-order chi connectivity index (χ1) is 8.25. The molecule has 1 saturated carbocycles. The molecule has 0 bridgehead atoms. The molecular weight excluding hydrogens is 240 g/mol. The predicted octanol–water partition coefficient (Wildman–Crippen LogP) is 2.94. The molecule has 1 unspecified atom stereocenters. The second kappa shape index (κ2) is 4.39. The number of fused-ring (bicyclic) bond motifs is 1. The molecule has 1 aromatic rings. The van der Waals surface area contributed by atoms with Gasteiger partial charge in [0, 0.05) is 0 Å². The van der Waals surface area contributed by atoms with Crippen LogP contribution < -0.4 is 9.47 Å². The average Bonchev–Trinajstić information content (AvgIpc) is 2.26. The molecule has 0 saturated heterocycles. The molecule has 1 aromatic carbocycles. The molecule has 17 heavy (non-hydrogen) atoms. The Balaban J connectivity index is 1.92. The Bertz CT molecular complexity index is 429. The number of ether oxygens (including phenoxy) is 2. The summed E-state index contributed by atoms with van der Waals surface area (Å²) < 4.78 is 11.0. The Labute approximate surface area is 105 Å². The van der Waals surface area contributed by atoms with Gasteiger partial charge >= 0.3 is 0 Å². The number of aliphatic hydroxyl groups excluding tert-OH is 1. The number of hydrogen-bond donors (Lipinski definition) is 1. The highest BCUT2D eigenvalue weighted by atomic mass is 35.5. The Hall–Kier alpha value is -0.930. The third-order valence-electron chi connectivity index (χ3n) is 3.56. The lowest BCUT2D eigenvalue weighted by Gasteiger charge is -2.31. The first kappa shape index (κ1) is 11.2. The minimum Gasteiger partial charge on any atom is -0.486 e. The van der Waals surface area contributed by atoms with Crippen LogP contribution >= 0.6 is 11.6 Å². The number of benzene rings is 1. The molecular formula is C13H15ClO3. The Morgan fingerprint density at radius 3 is 2.71 bits per heavy atom. The van der Waals surface area contributed by atoms with E-state index < -0.39 is 6.10 Å². The van der Waals surface area contributed by atoms with Gasteiger partial charge in [0.25, 0.3) is 0 Å². The Morgan fingerprint density at radius 1 is 1.24 bits per heavy atom. The summed E-state index contributed by atoms with van der Waals surface area (Å²) in [6.45, 7) is 1.06. The van der Waals surface area contributed by atoms with Crippen molar-refractivity contribution in [2.75, 3.05) is 13.2 Å². The molecule has 1 aliphatic heterocycles. The van der Waals surface area contributed by atoms with Crippen molar-refractivity contribution < 1.29 is 14.6 Å². The van der Waals surface area contributed by atoms with E-state index in [1.807, 2.05) is 6.07 Å². The topological polar surface area (TPSA) is 38.7 Å². The Kier molecular flexibility index (Phi) is 2.89. The molecule has 4 heteroatoms. The molecule has 1 fully saturated rings. The molecule has 0 radical (unpaired) electrons. The standard InChI is InChI=1S/C13H15ClO3/c14-10-6-9(12(15)8-2-1-3-8)7-11-13(10)17-5-4-16-11/h6-8,12,15H,1-5H2. The lowest BCUT2D eigenvalue weighted by molar-refractivity contribution is 0.0615. The van der Waals surface area contributed by atoms with E-state index in [9.17, 15) is 5.11 Å². The number of aliphatic hydroxyl groups is 1. The maximum absolute atomic E-state index is 10.2. The fourth-order valence-electron chi connectivity index (χ4n) is 2.33. The summed E-state index contributed by atoms with van der Waals surface area (Å²) in [5.41, 5.74) is 0.837. The fourth-order valence-corrected chi connectivity index (χ4v) is 2.60. The zero-order valence-corrected chi connectivity index (χ0v) is 10.2. The van der Waals surface area contributed by atoms with E-state index in [1.165, 1.54) is 6.42 Å². The van der Waals surface area contributed by atoms with Crippen LogP contribution in [-0.4, -0.2) is 18.3 Å². The van der Waals surface area contributed by atoms with E-state index in [0.29, 0.717) is 35.7 Å². The van der Waals surface area contributed by atoms with Gasteiger partial charge in [0.15, 0.2) is 11.5 Å². The predicted molar refractivity (Wildman–Crippen MR) is 64.7 cm³/mol. The smallest absolute Gasteiger partial charge is 0.179 e. The Morgan fingerprint density at radius 2 is 2.00 bits per heavy atom. The van der Waals surface area contributed by atoms with Crippen LogP contribution in [-0.2, 0) is 0 Å². The fraction of sp³-hybridized carbons (Fsp3) is 0.538. The van der Waals surface area contributed by atoms with Gasteiger partial charge in [-0.1, -0.05) is 18.0 Å². The van der Waals surface area contributed by atoms with Crippen LogP contribution in [0.3, 0.4) is 0 Å². The van der Waals surface area contributed by atoms with Crippen LogP contribution in [0.2, 0.25) is 5.02 Å². The maximum Gasteiger partial charge on any atom is 0.179 e. The third kappa shape index (κ3) is 1.98. The molecule has 3 nitrogen and oxygen atoms in total. The van der Waals surface area contributed by atoms with Crippen LogP contribution in [0, 0.1) is 5.92 Å². The zero-order valence-electron chi connectivity index (χ0n) is 9.49. The number of rotatable bonds is 2. The largest absolute Gasteiger partial charge is 0.486 e. The van der Waals surface area contributed by atoms with Gasteiger partial charge in [-0.2, -0.15) is 0 Å². The molecule has 1 heterocycles. The summed E-state index contributed by atoms with van der Waals surface area (Å²) in [5, 5.41) is 10.7. The van der Waals surface area contributed by atoms with E-state index in [4.69, 9.17) is 21.1 Å². The molecule has 0 aromatic heterocycles. The van der Waals surface area contributed by atoms with Crippen LogP contribution in [0.4, 0.5) is 0 Å². The summed E-state index contributed by atoms with van der Waals surface area (Å²) in [7, 11) is 0. The van der Waals surface area contributed by atoms with Crippen LogP contribution in [0.15, 0.2) is 12.1 Å². The SMILES string of the molecule is OC(c1cc(Cl)c2c(c1)OCCO2)C1CCC1. The monoisotopic (exact) mass is 254 g/mol. The van der Waals surface area contributed by atoms with Gasteiger partial charge in [0.2, 0.25) is 0 Å². The molecule has 0 amide bonds. The van der Waals surface area contributed by atoms with Crippen molar-refractivity contribution in [3.8, 4) is 11.5 Å². The van der Waals surface area contributed by atoms with Crippen LogP contribution in [0.25, 0.3) is 0 Å². The van der Waals surface area contributed by atoms with E-state index in [1.54, 1.807) is 6.07 Å². The van der Waals surface area contributed by atoms with E-state index in [-0.39, 0.29) is 0 Å². The molecule has 0 spiro atoms. The van der Waals surface area contributed by atoms with Gasteiger partial charge in [-0.15, -0.1) is 0 Å². The lowest BCUT2D eigenvalue weighted by atomic mass is 9.79. The first-order valence-corrected chi connectivity index (χ1v) is 6.40. The molecule has 2 aliphatic rings. The number of halogens is 1. The summed E-state index contributed by atoms with van der Waals surface area (Å²) in [4.78, 5) is 0. The van der Waals surface area contributed by atoms with Gasteiger partial charge in [-0.05, 0) is 36.5 Å². The first-order valence-electron chi connectivity index (χ1n) is 6.03. The van der Waals surface area contributed by atoms with Crippen molar-refractivity contribution in [3.63, 3.8) is 0 Å². The van der Waals surface area contributed by atoms with E-state index >= 15 is 0 Å².